The van der Waals surface area contributed by atoms with Gasteiger partial charge in [0, 0.05) is 6.92 Å². The summed E-state index contributed by atoms with van der Waals surface area (Å²) in [5.74, 6) is 0.0721. The van der Waals surface area contributed by atoms with Crippen molar-refractivity contribution in [3.8, 4) is 5.75 Å². The lowest BCUT2D eigenvalue weighted by Gasteiger charge is -2.16. The third kappa shape index (κ3) is 10.6. The van der Waals surface area contributed by atoms with Crippen molar-refractivity contribution in [1.29, 1.82) is 0 Å². The molecule has 0 fully saturated rings. The summed E-state index contributed by atoms with van der Waals surface area (Å²) in [5.41, 5.74) is 3.01. The van der Waals surface area contributed by atoms with Gasteiger partial charge in [-0.05, 0) is 24.1 Å². The Morgan fingerprint density at radius 1 is 1.13 bits per heavy atom. The highest BCUT2D eigenvalue weighted by Crippen LogP contribution is 2.23. The molecule has 0 aromatic heterocycles. The zero-order valence-corrected chi connectivity index (χ0v) is 15.6. The van der Waals surface area contributed by atoms with Crippen LogP contribution >= 0.6 is 12.8 Å². The van der Waals surface area contributed by atoms with Crippen LogP contribution in [0.4, 0.5) is 4.79 Å². The maximum Gasteiger partial charge on any atom is 0.422 e. The second kappa shape index (κ2) is 15.2. The van der Waals surface area contributed by atoms with Gasteiger partial charge >= 0.3 is 12.1 Å². The lowest BCUT2D eigenvalue weighted by atomic mass is 10.1. The molecule has 0 bridgehead atoms. The molecule has 1 unspecified atom stereocenters. The number of benzene rings is 1. The van der Waals surface area contributed by atoms with Gasteiger partial charge in [-0.3, -0.25) is 4.79 Å². The van der Waals surface area contributed by atoms with Crippen molar-refractivity contribution in [3.05, 3.63) is 29.8 Å². The number of hydrazine groups is 1. The molecular weight excluding hydrogens is 316 g/mol. The number of thiol groups is 1. The van der Waals surface area contributed by atoms with E-state index < -0.39 is 6.09 Å². The summed E-state index contributed by atoms with van der Waals surface area (Å²) in [6.07, 6.45) is -0.383. The fraction of sp³-hybridized carbons (Fsp3) is 0.500. The van der Waals surface area contributed by atoms with Crippen LogP contribution in [0.25, 0.3) is 0 Å². The Morgan fingerprint density at radius 2 is 1.65 bits per heavy atom. The van der Waals surface area contributed by atoms with Gasteiger partial charge in [0.05, 0.1) is 0 Å². The smallest absolute Gasteiger partial charge is 0.422 e. The first kappa shape index (κ1) is 23.5. The van der Waals surface area contributed by atoms with E-state index in [1.54, 1.807) is 24.3 Å². The summed E-state index contributed by atoms with van der Waals surface area (Å²) in [5, 5.41) is 0. The zero-order valence-electron chi connectivity index (χ0n) is 14.7. The number of hydrogen-bond donors (Lipinski definition) is 3. The van der Waals surface area contributed by atoms with Crippen LogP contribution in [0.2, 0.25) is 0 Å². The van der Waals surface area contributed by atoms with Gasteiger partial charge in [-0.2, -0.15) is 4.83 Å². The molecule has 2 N–H and O–H groups in total. The maximum absolute atomic E-state index is 11.3. The van der Waals surface area contributed by atoms with Gasteiger partial charge in [0.1, 0.15) is 11.9 Å². The highest BCUT2D eigenvalue weighted by Gasteiger charge is 2.14. The number of carbonyl (C=O) groups excluding carboxylic acids is 2. The van der Waals surface area contributed by atoms with Crippen LogP contribution in [-0.2, 0) is 9.53 Å². The van der Waals surface area contributed by atoms with Crippen molar-refractivity contribution >= 4 is 24.9 Å². The molecule has 132 valence electrons. The third-order valence-electron chi connectivity index (χ3n) is 2.29. The van der Waals surface area contributed by atoms with E-state index in [0.717, 1.165) is 5.56 Å². The lowest BCUT2D eigenvalue weighted by Crippen LogP contribution is -2.32. The molecule has 1 atom stereocenters. The first-order valence-corrected chi connectivity index (χ1v) is 8.15. The minimum Gasteiger partial charge on any atom is -0.440 e. The molecule has 0 spiro atoms. The first-order valence-electron chi connectivity index (χ1n) is 7.71. The van der Waals surface area contributed by atoms with Gasteiger partial charge in [-0.25, -0.2) is 10.2 Å². The summed E-state index contributed by atoms with van der Waals surface area (Å²) >= 11 is 3.63. The molecule has 7 heteroatoms. The Hall–Kier alpha value is -1.73. The predicted octanol–water partition coefficient (Wildman–Crippen LogP) is 4.19. The van der Waals surface area contributed by atoms with E-state index in [9.17, 15) is 9.59 Å². The number of carbonyl (C=O) groups is 2. The van der Waals surface area contributed by atoms with Crippen LogP contribution in [0.15, 0.2) is 24.3 Å². The fourth-order valence-electron chi connectivity index (χ4n) is 1.51. The molecule has 0 aliphatic carbocycles. The predicted molar refractivity (Wildman–Crippen MR) is 95.2 cm³/mol. The maximum atomic E-state index is 11.3. The van der Waals surface area contributed by atoms with Gasteiger partial charge in [-0.15, -0.1) is 0 Å². The summed E-state index contributed by atoms with van der Waals surface area (Å²) in [7, 11) is 0. The second-order valence-corrected chi connectivity index (χ2v) is 3.93. The van der Waals surface area contributed by atoms with E-state index in [-0.39, 0.29) is 12.1 Å². The van der Waals surface area contributed by atoms with Crippen molar-refractivity contribution < 1.29 is 19.1 Å². The Labute approximate surface area is 144 Å². The molecule has 0 aliphatic heterocycles. The highest BCUT2D eigenvalue weighted by atomic mass is 32.1. The van der Waals surface area contributed by atoms with E-state index in [1.807, 2.05) is 34.6 Å². The SMILES string of the molecule is CC.CC.CCC(OC(=O)NNS)c1ccc(OC(C)=O)cc1. The van der Waals surface area contributed by atoms with Crippen LogP contribution in [0, 0.1) is 0 Å². The van der Waals surface area contributed by atoms with E-state index in [4.69, 9.17) is 9.47 Å². The second-order valence-electron chi connectivity index (χ2n) is 3.70. The number of esters is 1. The summed E-state index contributed by atoms with van der Waals surface area (Å²) in [6.45, 7) is 11.2. The molecule has 0 heterocycles. The quantitative estimate of drug-likeness (QED) is 0.323. The Bertz CT molecular complexity index is 438. The van der Waals surface area contributed by atoms with Crippen LogP contribution < -0.4 is 15.0 Å². The van der Waals surface area contributed by atoms with Crippen molar-refractivity contribution in [1.82, 2.24) is 10.3 Å². The summed E-state index contributed by atoms with van der Waals surface area (Å²) < 4.78 is 10.1. The largest absolute Gasteiger partial charge is 0.440 e. The zero-order chi connectivity index (χ0) is 18.3. The molecule has 1 aromatic carbocycles. The molecular formula is C16H28N2O4S. The first-order chi connectivity index (χ1) is 11.1. The van der Waals surface area contributed by atoms with Crippen molar-refractivity contribution in [2.75, 3.05) is 0 Å². The number of amides is 1. The van der Waals surface area contributed by atoms with Gasteiger partial charge in [0.2, 0.25) is 0 Å². The van der Waals surface area contributed by atoms with E-state index in [2.05, 4.69) is 23.1 Å². The lowest BCUT2D eigenvalue weighted by molar-refractivity contribution is -0.131. The highest BCUT2D eigenvalue weighted by molar-refractivity contribution is 7.78. The molecule has 0 saturated heterocycles. The molecule has 0 aliphatic rings. The Kier molecular flexibility index (Phi) is 15.5. The Balaban J connectivity index is 0. The number of hydrogen-bond acceptors (Lipinski definition) is 6. The topological polar surface area (TPSA) is 76.7 Å². The number of nitrogens with one attached hydrogen (secondary N) is 2. The molecule has 1 aromatic rings. The Morgan fingerprint density at radius 3 is 2.04 bits per heavy atom. The number of rotatable bonds is 5. The van der Waals surface area contributed by atoms with Crippen molar-refractivity contribution in [2.24, 2.45) is 0 Å². The standard InChI is InChI=1S/C12H16N2O4S.2C2H6/c1-3-11(18-12(16)13-14-19)9-4-6-10(7-5-9)17-8(2)15;2*1-2/h4-7,11,14,19H,3H2,1-2H3,(H,13,16);2*1-2H3. The summed E-state index contributed by atoms with van der Waals surface area (Å²) in [4.78, 5) is 24.3. The minimum atomic E-state index is -0.620. The van der Waals surface area contributed by atoms with E-state index >= 15 is 0 Å². The van der Waals surface area contributed by atoms with Gasteiger partial charge in [0.15, 0.2) is 0 Å². The molecule has 1 amide bonds. The molecule has 23 heavy (non-hydrogen) atoms. The number of ether oxygens (including phenoxy) is 2. The molecule has 0 radical (unpaired) electrons. The van der Waals surface area contributed by atoms with Crippen LogP contribution in [0.5, 0.6) is 5.75 Å². The van der Waals surface area contributed by atoms with Gasteiger partial charge in [-0.1, -0.05) is 59.6 Å². The summed E-state index contributed by atoms with van der Waals surface area (Å²) in [6, 6.07) is 6.79. The van der Waals surface area contributed by atoms with E-state index in [1.165, 1.54) is 6.92 Å². The minimum absolute atomic E-state index is 0.379. The van der Waals surface area contributed by atoms with Gasteiger partial charge < -0.3 is 9.47 Å². The third-order valence-corrected chi connectivity index (χ3v) is 2.40. The average molecular weight is 344 g/mol. The monoisotopic (exact) mass is 344 g/mol. The molecule has 6 nitrogen and oxygen atoms in total. The molecule has 1 rings (SSSR count). The van der Waals surface area contributed by atoms with Gasteiger partial charge in [0.25, 0.3) is 0 Å². The van der Waals surface area contributed by atoms with Crippen LogP contribution in [0.1, 0.15) is 59.6 Å². The van der Waals surface area contributed by atoms with Crippen molar-refractivity contribution in [2.45, 2.75) is 54.1 Å². The fourth-order valence-corrected chi connectivity index (χ4v) is 1.60. The van der Waals surface area contributed by atoms with Crippen LogP contribution in [0.3, 0.4) is 0 Å². The normalized spacial score (nSPS) is 10.0. The average Bonchev–Trinajstić information content (AvgIpc) is 2.57. The van der Waals surface area contributed by atoms with Crippen LogP contribution in [-0.4, -0.2) is 12.1 Å². The van der Waals surface area contributed by atoms with E-state index in [0.29, 0.717) is 12.2 Å². The van der Waals surface area contributed by atoms with Crippen molar-refractivity contribution in [3.63, 3.8) is 0 Å². The molecule has 0 saturated carbocycles.